The summed E-state index contributed by atoms with van der Waals surface area (Å²) in [4.78, 5) is 0. The second kappa shape index (κ2) is 4.07. The molecule has 0 aliphatic carbocycles. The minimum Gasteiger partial charge on any atom is -0.427 e. The van der Waals surface area contributed by atoms with Crippen molar-refractivity contribution in [2.24, 2.45) is 0 Å². The molecule has 0 aromatic heterocycles. The van der Waals surface area contributed by atoms with E-state index < -0.39 is 7.12 Å². The molecule has 0 bridgehead atoms. The third-order valence-corrected chi connectivity index (χ3v) is 2.51. The number of hydrogen-bond acceptors (Lipinski definition) is 2. The van der Waals surface area contributed by atoms with Crippen molar-refractivity contribution >= 4 is 23.0 Å². The van der Waals surface area contributed by atoms with Crippen molar-refractivity contribution in [1.29, 1.82) is 0 Å². The summed E-state index contributed by atoms with van der Waals surface area (Å²) in [7, 11) is -1.26. The molecule has 0 aliphatic heterocycles. The Morgan fingerprint density at radius 1 is 1.42 bits per heavy atom. The van der Waals surface area contributed by atoms with Gasteiger partial charge in [0.15, 0.2) is 0 Å². The summed E-state index contributed by atoms with van der Waals surface area (Å²) in [6.07, 6.45) is 0.277. The van der Waals surface area contributed by atoms with E-state index >= 15 is 0 Å². The van der Waals surface area contributed by atoms with E-state index in [0.29, 0.717) is 0 Å². The van der Waals surface area contributed by atoms with E-state index in [-0.39, 0.29) is 6.32 Å². The molecule has 0 atom stereocenters. The van der Waals surface area contributed by atoms with Gasteiger partial charge in [-0.2, -0.15) is 0 Å². The second-order valence-electron chi connectivity index (χ2n) is 2.77. The molecule has 0 radical (unpaired) electrons. The summed E-state index contributed by atoms with van der Waals surface area (Å²) in [6, 6.07) is 5.73. The van der Waals surface area contributed by atoms with Crippen LogP contribution >= 0.6 is 15.9 Å². The van der Waals surface area contributed by atoms with Crippen LogP contribution in [0.1, 0.15) is 11.1 Å². The first-order valence-corrected chi connectivity index (χ1v) is 4.50. The molecule has 0 aliphatic rings. The van der Waals surface area contributed by atoms with Crippen LogP contribution in [0.5, 0.6) is 0 Å². The molecule has 2 N–H and O–H groups in total. The van der Waals surface area contributed by atoms with Crippen LogP contribution in [0.15, 0.2) is 22.7 Å². The van der Waals surface area contributed by atoms with Gasteiger partial charge in [0.05, 0.1) is 0 Å². The molecule has 0 unspecified atom stereocenters. The number of halogens is 1. The SMILES string of the molecule is Cc1ccc(CB(O)O)cc1Br. The van der Waals surface area contributed by atoms with Crippen LogP contribution in [-0.2, 0) is 6.32 Å². The average molecular weight is 229 g/mol. The molecule has 1 aromatic carbocycles. The smallest absolute Gasteiger partial charge is 0.427 e. The topological polar surface area (TPSA) is 40.5 Å². The summed E-state index contributed by atoms with van der Waals surface area (Å²) in [5.74, 6) is 0. The van der Waals surface area contributed by atoms with Crippen molar-refractivity contribution in [2.75, 3.05) is 0 Å². The van der Waals surface area contributed by atoms with Gasteiger partial charge in [-0.25, -0.2) is 0 Å². The first kappa shape index (κ1) is 9.77. The standard InChI is InChI=1S/C8H10BBrO2/c1-6-2-3-7(4-8(6)10)5-9(11)12/h2-4,11-12H,5H2,1H3. The van der Waals surface area contributed by atoms with Crippen molar-refractivity contribution in [2.45, 2.75) is 13.2 Å². The van der Waals surface area contributed by atoms with Gasteiger partial charge in [-0.3, -0.25) is 0 Å². The van der Waals surface area contributed by atoms with Gasteiger partial charge < -0.3 is 10.0 Å². The molecule has 64 valence electrons. The van der Waals surface area contributed by atoms with E-state index in [1.54, 1.807) is 0 Å². The second-order valence-corrected chi connectivity index (χ2v) is 3.62. The Kier molecular flexibility index (Phi) is 3.32. The van der Waals surface area contributed by atoms with Gasteiger partial charge in [-0.1, -0.05) is 28.1 Å². The first-order chi connectivity index (χ1) is 5.59. The molecule has 0 amide bonds. The average Bonchev–Trinajstić information content (AvgIpc) is 1.96. The Balaban J connectivity index is 2.82. The maximum atomic E-state index is 8.71. The van der Waals surface area contributed by atoms with Crippen molar-refractivity contribution in [3.63, 3.8) is 0 Å². The van der Waals surface area contributed by atoms with Gasteiger partial charge in [-0.05, 0) is 24.1 Å². The largest absolute Gasteiger partial charge is 0.456 e. The quantitative estimate of drug-likeness (QED) is 0.750. The Labute approximate surface area is 80.5 Å². The Morgan fingerprint density at radius 2 is 2.08 bits per heavy atom. The molecule has 2 nitrogen and oxygen atoms in total. The van der Waals surface area contributed by atoms with E-state index in [0.717, 1.165) is 15.6 Å². The van der Waals surface area contributed by atoms with Gasteiger partial charge in [0, 0.05) is 10.8 Å². The molecular weight excluding hydrogens is 219 g/mol. The van der Waals surface area contributed by atoms with Crippen molar-refractivity contribution in [3.8, 4) is 0 Å². The number of aryl methyl sites for hydroxylation is 1. The summed E-state index contributed by atoms with van der Waals surface area (Å²) in [5, 5.41) is 17.4. The van der Waals surface area contributed by atoms with Crippen LogP contribution in [0, 0.1) is 6.92 Å². The predicted molar refractivity (Wildman–Crippen MR) is 52.8 cm³/mol. The van der Waals surface area contributed by atoms with Crippen LogP contribution in [0.25, 0.3) is 0 Å². The minimum atomic E-state index is -1.26. The highest BCUT2D eigenvalue weighted by Gasteiger charge is 2.08. The van der Waals surface area contributed by atoms with Gasteiger partial charge in [0.2, 0.25) is 0 Å². The molecule has 1 rings (SSSR count). The highest BCUT2D eigenvalue weighted by Crippen LogP contribution is 2.17. The van der Waals surface area contributed by atoms with E-state index in [1.807, 2.05) is 25.1 Å². The monoisotopic (exact) mass is 228 g/mol. The number of rotatable bonds is 2. The third kappa shape index (κ3) is 2.62. The van der Waals surface area contributed by atoms with Crippen LogP contribution in [0.3, 0.4) is 0 Å². The molecular formula is C8H10BBrO2. The molecule has 1 aromatic rings. The molecule has 0 saturated heterocycles. The van der Waals surface area contributed by atoms with Crippen LogP contribution < -0.4 is 0 Å². The number of benzene rings is 1. The molecule has 0 spiro atoms. The molecule has 12 heavy (non-hydrogen) atoms. The van der Waals surface area contributed by atoms with E-state index in [1.165, 1.54) is 0 Å². The first-order valence-electron chi connectivity index (χ1n) is 3.71. The van der Waals surface area contributed by atoms with E-state index in [4.69, 9.17) is 10.0 Å². The molecule has 0 saturated carbocycles. The summed E-state index contributed by atoms with van der Waals surface area (Å²) >= 11 is 3.37. The third-order valence-electron chi connectivity index (χ3n) is 1.65. The highest BCUT2D eigenvalue weighted by molar-refractivity contribution is 9.10. The van der Waals surface area contributed by atoms with Crippen LogP contribution in [0.4, 0.5) is 0 Å². The Morgan fingerprint density at radius 3 is 2.58 bits per heavy atom. The Bertz CT molecular complexity index is 276. The fourth-order valence-electron chi connectivity index (χ4n) is 0.974. The minimum absolute atomic E-state index is 0.277. The van der Waals surface area contributed by atoms with Crippen molar-refractivity contribution in [1.82, 2.24) is 0 Å². The van der Waals surface area contributed by atoms with Crippen LogP contribution in [-0.4, -0.2) is 17.2 Å². The zero-order valence-corrected chi connectivity index (χ0v) is 8.37. The fraction of sp³-hybridized carbons (Fsp3) is 0.250. The summed E-state index contributed by atoms with van der Waals surface area (Å²) < 4.78 is 1.00. The Hall–Kier alpha value is -0.315. The van der Waals surface area contributed by atoms with Gasteiger partial charge in [-0.15, -0.1) is 0 Å². The lowest BCUT2D eigenvalue weighted by atomic mass is 9.82. The van der Waals surface area contributed by atoms with E-state index in [2.05, 4.69) is 15.9 Å². The lowest BCUT2D eigenvalue weighted by Gasteiger charge is -2.02. The van der Waals surface area contributed by atoms with Gasteiger partial charge >= 0.3 is 7.12 Å². The fourth-order valence-corrected chi connectivity index (χ4v) is 1.40. The normalized spacial score (nSPS) is 10.0. The maximum absolute atomic E-state index is 8.71. The zero-order chi connectivity index (χ0) is 9.14. The van der Waals surface area contributed by atoms with Crippen LogP contribution in [0.2, 0.25) is 0 Å². The maximum Gasteiger partial charge on any atom is 0.456 e. The van der Waals surface area contributed by atoms with E-state index in [9.17, 15) is 0 Å². The molecule has 0 fully saturated rings. The highest BCUT2D eigenvalue weighted by atomic mass is 79.9. The van der Waals surface area contributed by atoms with Crippen molar-refractivity contribution < 1.29 is 10.0 Å². The summed E-state index contributed by atoms with van der Waals surface area (Å²) in [6.45, 7) is 1.99. The molecule has 0 heterocycles. The predicted octanol–water partition coefficient (Wildman–Crippen LogP) is 1.31. The summed E-state index contributed by atoms with van der Waals surface area (Å²) in [5.41, 5.74) is 2.06. The zero-order valence-electron chi connectivity index (χ0n) is 6.79. The molecule has 4 heteroatoms. The lowest BCUT2D eigenvalue weighted by Crippen LogP contribution is -2.15. The number of hydrogen-bond donors (Lipinski definition) is 2. The van der Waals surface area contributed by atoms with Crippen molar-refractivity contribution in [3.05, 3.63) is 33.8 Å². The van der Waals surface area contributed by atoms with Gasteiger partial charge in [0.1, 0.15) is 0 Å². The van der Waals surface area contributed by atoms with Gasteiger partial charge in [0.25, 0.3) is 0 Å². The lowest BCUT2D eigenvalue weighted by molar-refractivity contribution is 0.405.